The van der Waals surface area contributed by atoms with Crippen LogP contribution in [0.5, 0.6) is 0 Å². The van der Waals surface area contributed by atoms with Crippen LogP contribution in [0.4, 0.5) is 10.5 Å². The SMILES string of the molecule is CC[C@@H](C)c1ccc(NC(=O)CN2C(=O)N[C@]3(CCCc4sccc43)C2=O)cc1. The third-order valence-corrected chi connectivity index (χ3v) is 6.99. The fourth-order valence-electron chi connectivity index (χ4n) is 4.16. The number of hydrogen-bond acceptors (Lipinski definition) is 4. The summed E-state index contributed by atoms with van der Waals surface area (Å²) in [6, 6.07) is 9.10. The Morgan fingerprint density at radius 3 is 2.76 bits per heavy atom. The van der Waals surface area contributed by atoms with Crippen LogP contribution >= 0.6 is 11.3 Å². The lowest BCUT2D eigenvalue weighted by Crippen LogP contribution is -2.46. The second-order valence-electron chi connectivity index (χ2n) is 7.82. The van der Waals surface area contributed by atoms with Gasteiger partial charge in [0.25, 0.3) is 5.91 Å². The number of benzene rings is 1. The van der Waals surface area contributed by atoms with Gasteiger partial charge in [-0.3, -0.25) is 14.5 Å². The molecule has 4 rings (SSSR count). The molecular formula is C22H25N3O3S. The zero-order valence-corrected chi connectivity index (χ0v) is 17.5. The average molecular weight is 412 g/mol. The zero-order valence-electron chi connectivity index (χ0n) is 16.7. The maximum absolute atomic E-state index is 13.2. The van der Waals surface area contributed by atoms with Gasteiger partial charge in [0, 0.05) is 16.1 Å². The van der Waals surface area contributed by atoms with Crippen molar-refractivity contribution in [3.8, 4) is 0 Å². The molecule has 1 aromatic heterocycles. The van der Waals surface area contributed by atoms with Crippen LogP contribution in [0.3, 0.4) is 0 Å². The quantitative estimate of drug-likeness (QED) is 0.731. The number of aryl methyl sites for hydroxylation is 1. The van der Waals surface area contributed by atoms with E-state index >= 15 is 0 Å². The van der Waals surface area contributed by atoms with Crippen LogP contribution in [0.1, 0.15) is 55.0 Å². The van der Waals surface area contributed by atoms with Gasteiger partial charge in [-0.15, -0.1) is 11.3 Å². The predicted molar refractivity (Wildman–Crippen MR) is 113 cm³/mol. The minimum Gasteiger partial charge on any atom is -0.325 e. The summed E-state index contributed by atoms with van der Waals surface area (Å²) in [7, 11) is 0. The summed E-state index contributed by atoms with van der Waals surface area (Å²) < 4.78 is 0. The second-order valence-corrected chi connectivity index (χ2v) is 8.82. The molecule has 7 heteroatoms. The first-order chi connectivity index (χ1) is 13.9. The first kappa shape index (κ1) is 19.6. The van der Waals surface area contributed by atoms with Crippen molar-refractivity contribution in [3.05, 3.63) is 51.7 Å². The summed E-state index contributed by atoms with van der Waals surface area (Å²) in [5, 5.41) is 7.61. The molecule has 2 atom stereocenters. The maximum Gasteiger partial charge on any atom is 0.325 e. The summed E-state index contributed by atoms with van der Waals surface area (Å²) >= 11 is 1.61. The molecule has 0 unspecified atom stereocenters. The number of nitrogens with one attached hydrogen (secondary N) is 2. The van der Waals surface area contributed by atoms with E-state index in [1.54, 1.807) is 11.3 Å². The smallest absolute Gasteiger partial charge is 0.325 e. The van der Waals surface area contributed by atoms with Crippen molar-refractivity contribution in [3.63, 3.8) is 0 Å². The summed E-state index contributed by atoms with van der Waals surface area (Å²) in [6.45, 7) is 4.00. The second kappa shape index (κ2) is 7.63. The minimum atomic E-state index is -1.01. The monoisotopic (exact) mass is 411 g/mol. The third kappa shape index (κ3) is 3.44. The first-order valence-electron chi connectivity index (χ1n) is 10.1. The molecule has 6 nitrogen and oxygen atoms in total. The molecule has 2 aromatic rings. The van der Waals surface area contributed by atoms with E-state index in [1.165, 1.54) is 5.56 Å². The highest BCUT2D eigenvalue weighted by Gasteiger charge is 2.54. The molecule has 1 aliphatic carbocycles. The molecule has 152 valence electrons. The molecule has 1 saturated heterocycles. The fourth-order valence-corrected chi connectivity index (χ4v) is 5.16. The van der Waals surface area contributed by atoms with E-state index in [0.717, 1.165) is 34.6 Å². The van der Waals surface area contributed by atoms with Crippen LogP contribution < -0.4 is 10.6 Å². The fraction of sp³-hybridized carbons (Fsp3) is 0.409. The summed E-state index contributed by atoms with van der Waals surface area (Å²) in [5.41, 5.74) is 1.74. The molecule has 4 amide bonds. The van der Waals surface area contributed by atoms with E-state index in [9.17, 15) is 14.4 Å². The highest BCUT2D eigenvalue weighted by molar-refractivity contribution is 7.10. The van der Waals surface area contributed by atoms with Gasteiger partial charge in [0.05, 0.1) is 0 Å². The van der Waals surface area contributed by atoms with Crippen molar-refractivity contribution >= 4 is 34.9 Å². The number of hydrogen-bond donors (Lipinski definition) is 2. The molecule has 2 heterocycles. The van der Waals surface area contributed by atoms with Gasteiger partial charge in [0.1, 0.15) is 12.1 Å². The molecule has 1 fully saturated rings. The Labute approximate surface area is 174 Å². The first-order valence-corrected chi connectivity index (χ1v) is 10.9. The Hall–Kier alpha value is -2.67. The number of fused-ring (bicyclic) bond motifs is 2. The van der Waals surface area contributed by atoms with Gasteiger partial charge in [-0.1, -0.05) is 26.0 Å². The van der Waals surface area contributed by atoms with Crippen molar-refractivity contribution in [1.82, 2.24) is 10.2 Å². The third-order valence-electron chi connectivity index (χ3n) is 6.01. The molecule has 2 aliphatic rings. The Bertz CT molecular complexity index is 952. The van der Waals surface area contributed by atoms with E-state index in [2.05, 4.69) is 24.5 Å². The number of carbonyl (C=O) groups excluding carboxylic acids is 3. The van der Waals surface area contributed by atoms with E-state index in [1.807, 2.05) is 35.7 Å². The normalized spacial score (nSPS) is 21.8. The highest BCUT2D eigenvalue weighted by Crippen LogP contribution is 2.42. The van der Waals surface area contributed by atoms with Gasteiger partial charge in [-0.2, -0.15) is 0 Å². The number of thiophene rings is 1. The molecule has 1 aliphatic heterocycles. The van der Waals surface area contributed by atoms with Crippen LogP contribution in [-0.4, -0.2) is 29.3 Å². The van der Waals surface area contributed by atoms with Gasteiger partial charge in [-0.25, -0.2) is 4.79 Å². The lowest BCUT2D eigenvalue weighted by molar-refractivity contribution is -0.134. The maximum atomic E-state index is 13.2. The number of nitrogens with zero attached hydrogens (tertiary/aromatic N) is 1. The number of amides is 4. The molecule has 0 radical (unpaired) electrons. The summed E-state index contributed by atoms with van der Waals surface area (Å²) in [6.07, 6.45) is 3.37. The van der Waals surface area contributed by atoms with Crippen LogP contribution in [0, 0.1) is 0 Å². The molecule has 0 saturated carbocycles. The number of urea groups is 1. The van der Waals surface area contributed by atoms with Crippen LogP contribution in [0.2, 0.25) is 0 Å². The van der Waals surface area contributed by atoms with E-state index < -0.39 is 11.6 Å². The number of imide groups is 1. The largest absolute Gasteiger partial charge is 0.325 e. The van der Waals surface area contributed by atoms with Gasteiger partial charge in [0.2, 0.25) is 5.91 Å². The van der Waals surface area contributed by atoms with Crippen molar-refractivity contribution in [1.29, 1.82) is 0 Å². The highest BCUT2D eigenvalue weighted by atomic mass is 32.1. The van der Waals surface area contributed by atoms with E-state index in [4.69, 9.17) is 0 Å². The van der Waals surface area contributed by atoms with Gasteiger partial charge < -0.3 is 10.6 Å². The van der Waals surface area contributed by atoms with Crippen LogP contribution in [0.15, 0.2) is 35.7 Å². The van der Waals surface area contributed by atoms with Gasteiger partial charge in [0.15, 0.2) is 0 Å². The molecule has 29 heavy (non-hydrogen) atoms. The van der Waals surface area contributed by atoms with Crippen molar-refractivity contribution in [2.24, 2.45) is 0 Å². The lowest BCUT2D eigenvalue weighted by Gasteiger charge is -2.31. The van der Waals surface area contributed by atoms with Crippen molar-refractivity contribution in [2.45, 2.75) is 51.0 Å². The van der Waals surface area contributed by atoms with Crippen molar-refractivity contribution < 1.29 is 14.4 Å². The van der Waals surface area contributed by atoms with Gasteiger partial charge in [-0.05, 0) is 60.7 Å². The average Bonchev–Trinajstić information content (AvgIpc) is 3.29. The van der Waals surface area contributed by atoms with E-state index in [0.29, 0.717) is 18.0 Å². The van der Waals surface area contributed by atoms with Crippen LogP contribution in [-0.2, 0) is 21.5 Å². The van der Waals surface area contributed by atoms with E-state index in [-0.39, 0.29) is 18.4 Å². The lowest BCUT2D eigenvalue weighted by atomic mass is 9.80. The molecule has 1 aromatic carbocycles. The number of carbonyl (C=O) groups is 3. The molecule has 1 spiro atoms. The Balaban J connectivity index is 1.46. The molecule has 2 N–H and O–H groups in total. The molecular weight excluding hydrogens is 386 g/mol. The summed E-state index contributed by atoms with van der Waals surface area (Å²) in [5.74, 6) is -0.258. The minimum absolute atomic E-state index is 0.293. The van der Waals surface area contributed by atoms with Crippen molar-refractivity contribution in [2.75, 3.05) is 11.9 Å². The Morgan fingerprint density at radius 1 is 1.28 bits per heavy atom. The Kier molecular flexibility index (Phi) is 5.17. The van der Waals surface area contributed by atoms with Gasteiger partial charge >= 0.3 is 6.03 Å². The zero-order chi connectivity index (χ0) is 20.6. The number of rotatable bonds is 5. The number of anilines is 1. The van der Waals surface area contributed by atoms with Crippen LogP contribution in [0.25, 0.3) is 0 Å². The summed E-state index contributed by atoms with van der Waals surface area (Å²) in [4.78, 5) is 40.4. The Morgan fingerprint density at radius 2 is 2.03 bits per heavy atom. The molecule has 0 bridgehead atoms. The topological polar surface area (TPSA) is 78.5 Å². The standard InChI is InChI=1S/C22H25N3O3S/c1-3-14(2)15-6-8-16(9-7-15)23-19(26)13-25-20(27)22(24-21(25)28)11-4-5-18-17(22)10-12-29-18/h6-10,12,14H,3-5,11,13H2,1-2H3,(H,23,26)(H,24,28)/t14-,22+/m1/s1. The predicted octanol–water partition coefficient (Wildman–Crippen LogP) is 3.98.